The van der Waals surface area contributed by atoms with Crippen molar-refractivity contribution < 1.29 is 4.74 Å². The maximum atomic E-state index is 5.75. The Morgan fingerprint density at radius 1 is 1.00 bits per heavy atom. The van der Waals surface area contributed by atoms with Crippen LogP contribution in [-0.2, 0) is 0 Å². The van der Waals surface area contributed by atoms with Crippen molar-refractivity contribution in [3.8, 4) is 11.5 Å². The summed E-state index contributed by atoms with van der Waals surface area (Å²) in [5, 5.41) is 3.40. The molecule has 3 heteroatoms. The first-order valence-corrected chi connectivity index (χ1v) is 6.80. The molecule has 1 aromatic heterocycles. The van der Waals surface area contributed by atoms with E-state index in [0.29, 0.717) is 5.92 Å². The molecule has 0 bridgehead atoms. The van der Waals surface area contributed by atoms with Gasteiger partial charge in [-0.3, -0.25) is 4.98 Å². The number of aromatic nitrogens is 1. The molecule has 1 aromatic carbocycles. The summed E-state index contributed by atoms with van der Waals surface area (Å²) >= 11 is 0. The second-order valence-corrected chi connectivity index (χ2v) is 4.88. The van der Waals surface area contributed by atoms with Crippen LogP contribution >= 0.6 is 0 Å². The van der Waals surface area contributed by atoms with E-state index in [1.165, 1.54) is 18.4 Å². The molecule has 0 amide bonds. The van der Waals surface area contributed by atoms with Gasteiger partial charge in [-0.15, -0.1) is 0 Å². The number of nitrogens with zero attached hydrogens (tertiary/aromatic N) is 1. The van der Waals surface area contributed by atoms with Gasteiger partial charge >= 0.3 is 0 Å². The summed E-state index contributed by atoms with van der Waals surface area (Å²) in [6.07, 6.45) is 5.92. The van der Waals surface area contributed by atoms with Gasteiger partial charge < -0.3 is 10.1 Å². The molecule has 0 radical (unpaired) electrons. The van der Waals surface area contributed by atoms with Crippen molar-refractivity contribution in [1.29, 1.82) is 0 Å². The van der Waals surface area contributed by atoms with Crippen molar-refractivity contribution >= 4 is 0 Å². The first-order valence-electron chi connectivity index (χ1n) is 6.80. The third kappa shape index (κ3) is 3.12. The van der Waals surface area contributed by atoms with E-state index in [-0.39, 0.29) is 0 Å². The third-order valence-corrected chi connectivity index (χ3v) is 3.56. The van der Waals surface area contributed by atoms with Gasteiger partial charge in [0.25, 0.3) is 0 Å². The Morgan fingerprint density at radius 3 is 2.47 bits per heavy atom. The predicted molar refractivity (Wildman–Crippen MR) is 75.6 cm³/mol. The number of ether oxygens (including phenoxy) is 1. The molecule has 2 heterocycles. The van der Waals surface area contributed by atoms with Crippen molar-refractivity contribution in [2.45, 2.75) is 18.8 Å². The van der Waals surface area contributed by atoms with Crippen molar-refractivity contribution in [3.05, 3.63) is 54.4 Å². The monoisotopic (exact) mass is 254 g/mol. The number of piperidine rings is 1. The lowest BCUT2D eigenvalue weighted by atomic mass is 9.90. The smallest absolute Gasteiger partial charge is 0.145 e. The lowest BCUT2D eigenvalue weighted by Gasteiger charge is -2.23. The summed E-state index contributed by atoms with van der Waals surface area (Å²) in [5.74, 6) is 2.33. The highest BCUT2D eigenvalue weighted by atomic mass is 16.5. The minimum absolute atomic E-state index is 0.689. The Balaban J connectivity index is 1.68. The number of hydrogen-bond acceptors (Lipinski definition) is 3. The van der Waals surface area contributed by atoms with Gasteiger partial charge in [0.2, 0.25) is 0 Å². The third-order valence-electron chi connectivity index (χ3n) is 3.56. The summed E-state index contributed by atoms with van der Waals surface area (Å²) in [6.45, 7) is 2.25. The zero-order valence-corrected chi connectivity index (χ0v) is 10.9. The molecule has 3 nitrogen and oxygen atoms in total. The van der Waals surface area contributed by atoms with E-state index in [2.05, 4.69) is 22.4 Å². The largest absolute Gasteiger partial charge is 0.456 e. The number of benzene rings is 1. The second kappa shape index (κ2) is 5.85. The Hall–Kier alpha value is -1.87. The van der Waals surface area contributed by atoms with Crippen LogP contribution in [0.15, 0.2) is 48.8 Å². The highest BCUT2D eigenvalue weighted by Crippen LogP contribution is 2.28. The molecule has 0 saturated carbocycles. The average molecular weight is 254 g/mol. The normalized spacial score (nSPS) is 16.2. The lowest BCUT2D eigenvalue weighted by molar-refractivity contribution is 0.458. The molecule has 2 aromatic rings. The molecule has 0 aliphatic carbocycles. The number of pyridine rings is 1. The predicted octanol–water partition coefficient (Wildman–Crippen LogP) is 3.34. The molecular weight excluding hydrogens is 236 g/mol. The van der Waals surface area contributed by atoms with Gasteiger partial charge in [-0.1, -0.05) is 12.1 Å². The van der Waals surface area contributed by atoms with Crippen LogP contribution < -0.4 is 10.1 Å². The van der Waals surface area contributed by atoms with E-state index in [1.807, 2.05) is 24.3 Å². The topological polar surface area (TPSA) is 34.1 Å². The van der Waals surface area contributed by atoms with Crippen LogP contribution in [0.2, 0.25) is 0 Å². The fourth-order valence-electron chi connectivity index (χ4n) is 2.51. The first-order chi connectivity index (χ1) is 9.42. The molecule has 98 valence electrons. The van der Waals surface area contributed by atoms with Crippen molar-refractivity contribution in [2.75, 3.05) is 13.1 Å². The highest BCUT2D eigenvalue weighted by molar-refractivity contribution is 5.33. The van der Waals surface area contributed by atoms with Crippen molar-refractivity contribution in [1.82, 2.24) is 10.3 Å². The van der Waals surface area contributed by atoms with E-state index < -0.39 is 0 Å². The molecule has 0 unspecified atom stereocenters. The van der Waals surface area contributed by atoms with E-state index in [0.717, 1.165) is 24.6 Å². The Bertz CT molecular complexity index is 504. The van der Waals surface area contributed by atoms with Crippen LogP contribution in [0, 0.1) is 0 Å². The number of rotatable bonds is 3. The van der Waals surface area contributed by atoms with Crippen molar-refractivity contribution in [2.24, 2.45) is 0 Å². The van der Waals surface area contributed by atoms with E-state index in [4.69, 9.17) is 4.74 Å². The van der Waals surface area contributed by atoms with E-state index in [9.17, 15) is 0 Å². The molecular formula is C16H18N2O. The van der Waals surface area contributed by atoms with Gasteiger partial charge in [0.15, 0.2) is 0 Å². The molecule has 19 heavy (non-hydrogen) atoms. The Labute approximate surface area is 113 Å². The maximum absolute atomic E-state index is 5.75. The molecule has 0 spiro atoms. The van der Waals surface area contributed by atoms with Gasteiger partial charge in [0.1, 0.15) is 11.5 Å². The Morgan fingerprint density at radius 2 is 1.79 bits per heavy atom. The zero-order valence-electron chi connectivity index (χ0n) is 10.9. The van der Waals surface area contributed by atoms with Gasteiger partial charge in [-0.25, -0.2) is 0 Å². The molecule has 1 fully saturated rings. The average Bonchev–Trinajstić information content (AvgIpc) is 2.50. The van der Waals surface area contributed by atoms with Gasteiger partial charge in [0, 0.05) is 6.20 Å². The molecule has 3 rings (SSSR count). The maximum Gasteiger partial charge on any atom is 0.145 e. The van der Waals surface area contributed by atoms with Gasteiger partial charge in [-0.05, 0) is 61.7 Å². The summed E-state index contributed by atoms with van der Waals surface area (Å²) in [5.41, 5.74) is 1.42. The van der Waals surface area contributed by atoms with Gasteiger partial charge in [0.05, 0.1) is 6.20 Å². The highest BCUT2D eigenvalue weighted by Gasteiger charge is 2.14. The minimum atomic E-state index is 0.689. The number of nitrogens with one attached hydrogen (secondary N) is 1. The summed E-state index contributed by atoms with van der Waals surface area (Å²) in [6, 6.07) is 12.2. The minimum Gasteiger partial charge on any atom is -0.456 e. The van der Waals surface area contributed by atoms with Crippen molar-refractivity contribution in [3.63, 3.8) is 0 Å². The quantitative estimate of drug-likeness (QED) is 0.912. The van der Waals surface area contributed by atoms with Crippen LogP contribution in [0.25, 0.3) is 0 Å². The van der Waals surface area contributed by atoms with Crippen LogP contribution in [0.3, 0.4) is 0 Å². The summed E-state index contributed by atoms with van der Waals surface area (Å²) < 4.78 is 5.75. The summed E-state index contributed by atoms with van der Waals surface area (Å²) in [4.78, 5) is 4.04. The van der Waals surface area contributed by atoms with Crippen LogP contribution in [0.1, 0.15) is 24.3 Å². The molecule has 0 atom stereocenters. The second-order valence-electron chi connectivity index (χ2n) is 4.88. The summed E-state index contributed by atoms with van der Waals surface area (Å²) in [7, 11) is 0. The van der Waals surface area contributed by atoms with E-state index in [1.54, 1.807) is 12.4 Å². The van der Waals surface area contributed by atoms with Crippen LogP contribution in [0.4, 0.5) is 0 Å². The zero-order chi connectivity index (χ0) is 12.9. The fourth-order valence-corrected chi connectivity index (χ4v) is 2.51. The SMILES string of the molecule is c1cncc(Oc2ccc(C3CCNCC3)cc2)c1. The van der Waals surface area contributed by atoms with Crippen LogP contribution in [0.5, 0.6) is 11.5 Å². The Kier molecular flexibility index (Phi) is 3.75. The first kappa shape index (κ1) is 12.2. The molecule has 1 aliphatic heterocycles. The molecule has 1 saturated heterocycles. The molecule has 1 aliphatic rings. The van der Waals surface area contributed by atoms with Gasteiger partial charge in [-0.2, -0.15) is 0 Å². The number of hydrogen-bond donors (Lipinski definition) is 1. The lowest BCUT2D eigenvalue weighted by Crippen LogP contribution is -2.26. The standard InChI is InChI=1S/C16H18N2O/c1-2-16(12-18-9-1)19-15-5-3-13(4-6-15)14-7-10-17-11-8-14/h1-6,9,12,14,17H,7-8,10-11H2. The fraction of sp³-hybridized carbons (Fsp3) is 0.312. The van der Waals surface area contributed by atoms with Crippen LogP contribution in [-0.4, -0.2) is 18.1 Å². The molecule has 1 N–H and O–H groups in total. The van der Waals surface area contributed by atoms with E-state index >= 15 is 0 Å².